The highest BCUT2D eigenvalue weighted by Gasteiger charge is 2.06. The lowest BCUT2D eigenvalue weighted by Gasteiger charge is -2.07. The summed E-state index contributed by atoms with van der Waals surface area (Å²) < 4.78 is 0. The van der Waals surface area contributed by atoms with Crippen molar-refractivity contribution in [3.8, 4) is 0 Å². The standard InChI is InChI=1S/C22H22N2OS/c1-2-4-17-6-8-19(9-7-17)22(25)24-20-10-12-21(13-11-20)26-16-18-5-3-14-23-15-18/h3,5-15H,2,4,16H2,1H3,(H,24,25). The van der Waals surface area contributed by atoms with Crippen LogP contribution in [0, 0.1) is 0 Å². The van der Waals surface area contributed by atoms with E-state index in [1.54, 1.807) is 18.0 Å². The average molecular weight is 362 g/mol. The number of aromatic nitrogens is 1. The van der Waals surface area contributed by atoms with Crippen molar-refractivity contribution in [1.82, 2.24) is 4.98 Å². The molecule has 1 N–H and O–H groups in total. The van der Waals surface area contributed by atoms with Gasteiger partial charge in [-0.2, -0.15) is 0 Å². The fourth-order valence-electron chi connectivity index (χ4n) is 2.60. The molecule has 0 spiro atoms. The molecule has 0 fully saturated rings. The van der Waals surface area contributed by atoms with Crippen LogP contribution < -0.4 is 5.32 Å². The van der Waals surface area contributed by atoms with E-state index in [9.17, 15) is 4.79 Å². The first-order valence-corrected chi connectivity index (χ1v) is 9.75. The number of nitrogens with zero attached hydrogens (tertiary/aromatic N) is 1. The molecule has 2 aromatic carbocycles. The molecule has 1 aromatic heterocycles. The minimum Gasteiger partial charge on any atom is -0.322 e. The first kappa shape index (κ1) is 18.2. The first-order valence-electron chi connectivity index (χ1n) is 8.76. The first-order chi connectivity index (χ1) is 12.7. The van der Waals surface area contributed by atoms with Crippen molar-refractivity contribution >= 4 is 23.4 Å². The van der Waals surface area contributed by atoms with Gasteiger partial charge in [-0.1, -0.05) is 31.5 Å². The van der Waals surface area contributed by atoms with Gasteiger partial charge in [-0.15, -0.1) is 11.8 Å². The van der Waals surface area contributed by atoms with E-state index in [1.165, 1.54) is 11.1 Å². The summed E-state index contributed by atoms with van der Waals surface area (Å²) >= 11 is 1.75. The molecule has 0 saturated carbocycles. The van der Waals surface area contributed by atoms with Gasteiger partial charge in [-0.3, -0.25) is 9.78 Å². The van der Waals surface area contributed by atoms with Crippen LogP contribution in [0.5, 0.6) is 0 Å². The molecular weight excluding hydrogens is 340 g/mol. The summed E-state index contributed by atoms with van der Waals surface area (Å²) in [4.78, 5) is 17.6. The fourth-order valence-corrected chi connectivity index (χ4v) is 3.43. The molecule has 3 rings (SSSR count). The second-order valence-corrected chi connectivity index (χ2v) is 7.12. The van der Waals surface area contributed by atoms with Gasteiger partial charge in [-0.25, -0.2) is 0 Å². The lowest BCUT2D eigenvalue weighted by molar-refractivity contribution is 0.102. The number of carbonyl (C=O) groups excluding carboxylic acids is 1. The molecule has 1 heterocycles. The van der Waals surface area contributed by atoms with Gasteiger partial charge < -0.3 is 5.32 Å². The van der Waals surface area contributed by atoms with Crippen LogP contribution in [-0.4, -0.2) is 10.9 Å². The summed E-state index contributed by atoms with van der Waals surface area (Å²) in [6, 6.07) is 19.8. The highest BCUT2D eigenvalue weighted by molar-refractivity contribution is 7.98. The molecule has 3 nitrogen and oxygen atoms in total. The van der Waals surface area contributed by atoms with E-state index in [2.05, 4.69) is 23.3 Å². The topological polar surface area (TPSA) is 42.0 Å². The van der Waals surface area contributed by atoms with Crippen LogP contribution in [0.2, 0.25) is 0 Å². The number of amides is 1. The number of hydrogen-bond acceptors (Lipinski definition) is 3. The van der Waals surface area contributed by atoms with Crippen molar-refractivity contribution in [2.75, 3.05) is 5.32 Å². The molecule has 0 bridgehead atoms. The lowest BCUT2D eigenvalue weighted by Crippen LogP contribution is -2.11. The van der Waals surface area contributed by atoms with Crippen LogP contribution in [0.3, 0.4) is 0 Å². The third-order valence-corrected chi connectivity index (χ3v) is 5.08. The van der Waals surface area contributed by atoms with E-state index in [0.29, 0.717) is 5.56 Å². The van der Waals surface area contributed by atoms with E-state index in [1.807, 2.05) is 60.8 Å². The maximum absolute atomic E-state index is 12.4. The van der Waals surface area contributed by atoms with Crippen molar-refractivity contribution in [3.05, 3.63) is 89.7 Å². The second kappa shape index (κ2) is 9.20. The van der Waals surface area contributed by atoms with Crippen LogP contribution in [0.1, 0.15) is 34.8 Å². The zero-order valence-electron chi connectivity index (χ0n) is 14.8. The molecule has 3 aromatic rings. The Hall–Kier alpha value is -2.59. The molecule has 26 heavy (non-hydrogen) atoms. The van der Waals surface area contributed by atoms with Gasteiger partial charge in [0.05, 0.1) is 0 Å². The zero-order valence-corrected chi connectivity index (χ0v) is 15.6. The van der Waals surface area contributed by atoms with Crippen molar-refractivity contribution in [1.29, 1.82) is 0 Å². The summed E-state index contributed by atoms with van der Waals surface area (Å²) in [6.07, 6.45) is 5.81. The molecule has 0 unspecified atom stereocenters. The largest absolute Gasteiger partial charge is 0.322 e. The number of carbonyl (C=O) groups is 1. The Morgan fingerprint density at radius 3 is 2.42 bits per heavy atom. The molecule has 0 aliphatic heterocycles. The lowest BCUT2D eigenvalue weighted by atomic mass is 10.1. The Bertz CT molecular complexity index is 830. The van der Waals surface area contributed by atoms with Crippen LogP contribution in [0.15, 0.2) is 78.0 Å². The number of thioether (sulfide) groups is 1. The van der Waals surface area contributed by atoms with Crippen molar-refractivity contribution < 1.29 is 4.79 Å². The molecule has 4 heteroatoms. The number of aryl methyl sites for hydroxylation is 1. The van der Waals surface area contributed by atoms with Crippen LogP contribution >= 0.6 is 11.8 Å². The summed E-state index contributed by atoms with van der Waals surface area (Å²) in [5.74, 6) is 0.799. The maximum atomic E-state index is 12.4. The summed E-state index contributed by atoms with van der Waals surface area (Å²) in [7, 11) is 0. The molecule has 132 valence electrons. The van der Waals surface area contributed by atoms with Gasteiger partial charge in [0.2, 0.25) is 0 Å². The van der Waals surface area contributed by atoms with Gasteiger partial charge in [0.15, 0.2) is 0 Å². The van der Waals surface area contributed by atoms with E-state index >= 15 is 0 Å². The highest BCUT2D eigenvalue weighted by Crippen LogP contribution is 2.24. The van der Waals surface area contributed by atoms with Gasteiger partial charge in [0.1, 0.15) is 0 Å². The smallest absolute Gasteiger partial charge is 0.255 e. The molecule has 0 aliphatic carbocycles. The SMILES string of the molecule is CCCc1ccc(C(=O)Nc2ccc(SCc3cccnc3)cc2)cc1. The molecule has 0 saturated heterocycles. The Morgan fingerprint density at radius 2 is 1.77 bits per heavy atom. The number of hydrogen-bond donors (Lipinski definition) is 1. The predicted molar refractivity (Wildman–Crippen MR) is 109 cm³/mol. The van der Waals surface area contributed by atoms with Crippen LogP contribution in [-0.2, 0) is 12.2 Å². The van der Waals surface area contributed by atoms with E-state index in [-0.39, 0.29) is 5.91 Å². The Labute approximate surface area is 158 Å². The Kier molecular flexibility index (Phi) is 6.45. The minimum atomic E-state index is -0.0798. The monoisotopic (exact) mass is 362 g/mol. The highest BCUT2D eigenvalue weighted by atomic mass is 32.2. The van der Waals surface area contributed by atoms with Gasteiger partial charge >= 0.3 is 0 Å². The Balaban J connectivity index is 1.55. The van der Waals surface area contributed by atoms with Crippen LogP contribution in [0.4, 0.5) is 5.69 Å². The van der Waals surface area contributed by atoms with Crippen molar-refractivity contribution in [3.63, 3.8) is 0 Å². The third-order valence-electron chi connectivity index (χ3n) is 4.00. The number of benzene rings is 2. The third kappa shape index (κ3) is 5.20. The maximum Gasteiger partial charge on any atom is 0.255 e. The van der Waals surface area contributed by atoms with Gasteiger partial charge in [0, 0.05) is 34.3 Å². The zero-order chi connectivity index (χ0) is 18.2. The quantitative estimate of drug-likeness (QED) is 0.558. The van der Waals surface area contributed by atoms with E-state index < -0.39 is 0 Å². The minimum absolute atomic E-state index is 0.0798. The molecule has 0 aliphatic rings. The van der Waals surface area contributed by atoms with E-state index in [0.717, 1.165) is 29.2 Å². The normalized spacial score (nSPS) is 10.5. The summed E-state index contributed by atoms with van der Waals surface area (Å²) in [5.41, 5.74) is 3.94. The van der Waals surface area contributed by atoms with Crippen LogP contribution in [0.25, 0.3) is 0 Å². The second-order valence-electron chi connectivity index (χ2n) is 6.08. The van der Waals surface area contributed by atoms with Gasteiger partial charge in [-0.05, 0) is 60.0 Å². The van der Waals surface area contributed by atoms with E-state index in [4.69, 9.17) is 0 Å². The number of nitrogens with one attached hydrogen (secondary N) is 1. The van der Waals surface area contributed by atoms with Crippen molar-refractivity contribution in [2.45, 2.75) is 30.4 Å². The summed E-state index contributed by atoms with van der Waals surface area (Å²) in [6.45, 7) is 2.15. The van der Waals surface area contributed by atoms with Gasteiger partial charge in [0.25, 0.3) is 5.91 Å². The summed E-state index contributed by atoms with van der Waals surface area (Å²) in [5, 5.41) is 2.95. The number of pyridine rings is 1. The molecular formula is C22H22N2OS. The molecule has 1 amide bonds. The fraction of sp³-hybridized carbons (Fsp3) is 0.182. The average Bonchev–Trinajstić information content (AvgIpc) is 2.69. The number of rotatable bonds is 7. The predicted octanol–water partition coefficient (Wildman–Crippen LogP) is 5.58. The molecule has 0 atom stereocenters. The number of anilines is 1. The van der Waals surface area contributed by atoms with Crippen molar-refractivity contribution in [2.24, 2.45) is 0 Å². The molecule has 0 radical (unpaired) electrons. The Morgan fingerprint density at radius 1 is 1.00 bits per heavy atom.